The molecule has 0 fully saturated rings. The van der Waals surface area contributed by atoms with Crippen molar-refractivity contribution < 1.29 is 14.6 Å². The highest BCUT2D eigenvalue weighted by Crippen LogP contribution is 2.26. The van der Waals surface area contributed by atoms with Crippen LogP contribution in [-0.2, 0) is 9.53 Å². The van der Waals surface area contributed by atoms with E-state index in [0.29, 0.717) is 18.4 Å². The van der Waals surface area contributed by atoms with Gasteiger partial charge in [-0.2, -0.15) is 0 Å². The third kappa shape index (κ3) is 2.98. The molecular weight excluding hydrogens is 216 g/mol. The van der Waals surface area contributed by atoms with Crippen LogP contribution in [-0.4, -0.2) is 29.2 Å². The minimum absolute atomic E-state index is 0.180. The molecule has 0 aromatic carbocycles. The number of hydrogen-bond acceptors (Lipinski definition) is 3. The van der Waals surface area contributed by atoms with Crippen molar-refractivity contribution in [3.63, 3.8) is 0 Å². The van der Waals surface area contributed by atoms with Crippen LogP contribution in [0.15, 0.2) is 11.1 Å². The molecule has 0 saturated carbocycles. The number of aliphatic hydroxyl groups excluding tert-OH is 1. The van der Waals surface area contributed by atoms with Gasteiger partial charge in [0.15, 0.2) is 0 Å². The van der Waals surface area contributed by atoms with Gasteiger partial charge in [0.05, 0.1) is 6.10 Å². The zero-order valence-electron chi connectivity index (χ0n) is 8.50. The molecular formula is C11H13ClO3. The van der Waals surface area contributed by atoms with Gasteiger partial charge in [0.2, 0.25) is 0 Å². The smallest absolute Gasteiger partial charge is 0.321 e. The number of aliphatic hydroxyl groups is 1. The molecule has 1 aliphatic rings. The van der Waals surface area contributed by atoms with E-state index in [4.69, 9.17) is 22.8 Å². The van der Waals surface area contributed by atoms with Gasteiger partial charge in [-0.3, -0.25) is 4.79 Å². The van der Waals surface area contributed by atoms with Gasteiger partial charge in [0.1, 0.15) is 12.0 Å². The summed E-state index contributed by atoms with van der Waals surface area (Å²) in [6.45, 7) is 1.79. The highest BCUT2D eigenvalue weighted by Gasteiger charge is 2.27. The molecule has 15 heavy (non-hydrogen) atoms. The van der Waals surface area contributed by atoms with Crippen molar-refractivity contribution in [1.29, 1.82) is 0 Å². The number of esters is 1. The Balaban J connectivity index is 2.69. The van der Waals surface area contributed by atoms with Crippen molar-refractivity contribution in [2.45, 2.75) is 32.0 Å². The lowest BCUT2D eigenvalue weighted by molar-refractivity contribution is -0.147. The van der Waals surface area contributed by atoms with Crippen LogP contribution >= 0.6 is 11.6 Å². The van der Waals surface area contributed by atoms with Crippen molar-refractivity contribution in [1.82, 2.24) is 0 Å². The molecule has 1 rings (SSSR count). The Kier molecular flexibility index (Phi) is 4.19. The van der Waals surface area contributed by atoms with Crippen LogP contribution < -0.4 is 0 Å². The number of rotatable bonds is 2. The first-order valence-electron chi connectivity index (χ1n) is 4.68. The second-order valence-electron chi connectivity index (χ2n) is 3.51. The number of carbonyl (C=O) groups excluding carboxylic acids is 1. The van der Waals surface area contributed by atoms with Crippen LogP contribution in [0.1, 0.15) is 19.8 Å². The maximum Gasteiger partial charge on any atom is 0.321 e. The summed E-state index contributed by atoms with van der Waals surface area (Å²) in [6.07, 6.45) is 5.19. The molecule has 3 nitrogen and oxygen atoms in total. The van der Waals surface area contributed by atoms with Crippen LogP contribution in [0.25, 0.3) is 0 Å². The summed E-state index contributed by atoms with van der Waals surface area (Å²) in [5.74, 6) is 1.84. The molecule has 0 amide bonds. The van der Waals surface area contributed by atoms with E-state index in [0.717, 1.165) is 5.57 Å². The highest BCUT2D eigenvalue weighted by atomic mass is 35.5. The number of terminal acetylenes is 1. The zero-order chi connectivity index (χ0) is 11.4. The maximum atomic E-state index is 11.0. The van der Waals surface area contributed by atoms with E-state index >= 15 is 0 Å². The minimum Gasteiger partial charge on any atom is -0.461 e. The number of alkyl halides is 1. The lowest BCUT2D eigenvalue weighted by atomic mass is 9.89. The first-order chi connectivity index (χ1) is 7.08. The van der Waals surface area contributed by atoms with Crippen molar-refractivity contribution in [3.05, 3.63) is 11.1 Å². The van der Waals surface area contributed by atoms with Crippen molar-refractivity contribution >= 4 is 17.6 Å². The van der Waals surface area contributed by atoms with E-state index in [1.807, 2.05) is 0 Å². The molecule has 0 aliphatic heterocycles. The van der Waals surface area contributed by atoms with Gasteiger partial charge in [-0.05, 0) is 12.5 Å². The van der Waals surface area contributed by atoms with E-state index in [-0.39, 0.29) is 12.0 Å². The quantitative estimate of drug-likeness (QED) is 0.440. The lowest BCUT2D eigenvalue weighted by Crippen LogP contribution is -2.30. The van der Waals surface area contributed by atoms with E-state index in [1.54, 1.807) is 6.92 Å². The summed E-state index contributed by atoms with van der Waals surface area (Å²) in [7, 11) is 0. The molecule has 0 heterocycles. The molecule has 0 aromatic heterocycles. The maximum absolute atomic E-state index is 11.0. The Bertz CT molecular complexity index is 327. The second-order valence-corrected chi connectivity index (χ2v) is 3.77. The van der Waals surface area contributed by atoms with Gasteiger partial charge in [0.25, 0.3) is 0 Å². The number of halogens is 1. The Labute approximate surface area is 94.1 Å². The predicted octanol–water partition coefficient (Wildman–Crippen LogP) is 1.24. The highest BCUT2D eigenvalue weighted by molar-refractivity contribution is 6.26. The van der Waals surface area contributed by atoms with Crippen LogP contribution in [0.2, 0.25) is 0 Å². The van der Waals surface area contributed by atoms with E-state index in [1.165, 1.54) is 0 Å². The average molecular weight is 229 g/mol. The van der Waals surface area contributed by atoms with E-state index in [9.17, 15) is 9.90 Å². The van der Waals surface area contributed by atoms with Gasteiger partial charge in [-0.25, -0.2) is 0 Å². The molecule has 0 bridgehead atoms. The standard InChI is InChI=1S/C11H13ClO3/c1-3-8-4-9(15-11(14)6-12)5-10(13)7(8)2/h1,9-10,13H,4-6H2,2H3/t9-,10-/m0/s1. The Hall–Kier alpha value is -0.980. The molecule has 0 saturated heterocycles. The zero-order valence-corrected chi connectivity index (χ0v) is 9.25. The summed E-state index contributed by atoms with van der Waals surface area (Å²) in [5, 5.41) is 9.66. The fraction of sp³-hybridized carbons (Fsp3) is 0.545. The predicted molar refractivity (Wildman–Crippen MR) is 57.4 cm³/mol. The molecule has 2 atom stereocenters. The third-order valence-corrected chi connectivity index (χ3v) is 2.69. The second kappa shape index (κ2) is 5.20. The molecule has 1 aliphatic carbocycles. The summed E-state index contributed by atoms with van der Waals surface area (Å²) in [5.41, 5.74) is 1.50. The fourth-order valence-electron chi connectivity index (χ4n) is 1.58. The van der Waals surface area contributed by atoms with Crippen LogP contribution in [0.3, 0.4) is 0 Å². The number of carbonyl (C=O) groups is 1. The Morgan fingerprint density at radius 3 is 3.00 bits per heavy atom. The SMILES string of the molecule is C#CC1=C(C)[C@@H](O)C[C@@H](OC(=O)CCl)C1. The first-order valence-corrected chi connectivity index (χ1v) is 5.21. The fourth-order valence-corrected chi connectivity index (χ4v) is 1.64. The van der Waals surface area contributed by atoms with Gasteiger partial charge >= 0.3 is 5.97 Å². The molecule has 1 N–H and O–H groups in total. The first kappa shape index (κ1) is 12.1. The normalized spacial score (nSPS) is 26.0. The minimum atomic E-state index is -0.627. The molecule has 0 aromatic rings. The van der Waals surface area contributed by atoms with Gasteiger partial charge in [-0.1, -0.05) is 5.92 Å². The van der Waals surface area contributed by atoms with Gasteiger partial charge in [0, 0.05) is 18.4 Å². The van der Waals surface area contributed by atoms with Crippen molar-refractivity contribution in [3.8, 4) is 12.3 Å². The Morgan fingerprint density at radius 2 is 2.47 bits per heavy atom. The number of hydrogen-bond donors (Lipinski definition) is 1. The average Bonchev–Trinajstić information content (AvgIpc) is 2.22. The largest absolute Gasteiger partial charge is 0.461 e. The van der Waals surface area contributed by atoms with Crippen LogP contribution in [0.4, 0.5) is 0 Å². The lowest BCUT2D eigenvalue weighted by Gasteiger charge is -2.27. The molecule has 0 unspecified atom stereocenters. The summed E-state index contributed by atoms with van der Waals surface area (Å²) in [4.78, 5) is 11.0. The number of ether oxygens (including phenoxy) is 1. The van der Waals surface area contributed by atoms with Crippen molar-refractivity contribution in [2.75, 3.05) is 5.88 Å². The molecule has 82 valence electrons. The summed E-state index contributed by atoms with van der Waals surface area (Å²) in [6, 6.07) is 0. The summed E-state index contributed by atoms with van der Waals surface area (Å²) < 4.78 is 5.03. The van der Waals surface area contributed by atoms with E-state index in [2.05, 4.69) is 5.92 Å². The van der Waals surface area contributed by atoms with Crippen LogP contribution in [0.5, 0.6) is 0 Å². The van der Waals surface area contributed by atoms with Gasteiger partial charge < -0.3 is 9.84 Å². The summed E-state index contributed by atoms with van der Waals surface area (Å²) >= 11 is 5.32. The van der Waals surface area contributed by atoms with Gasteiger partial charge in [-0.15, -0.1) is 18.0 Å². The molecule has 0 radical (unpaired) electrons. The molecule has 4 heteroatoms. The molecule has 0 spiro atoms. The monoisotopic (exact) mass is 228 g/mol. The topological polar surface area (TPSA) is 46.5 Å². The third-order valence-electron chi connectivity index (χ3n) is 2.48. The van der Waals surface area contributed by atoms with Crippen LogP contribution in [0, 0.1) is 12.3 Å². The van der Waals surface area contributed by atoms with E-state index < -0.39 is 12.1 Å². The van der Waals surface area contributed by atoms with Crippen molar-refractivity contribution in [2.24, 2.45) is 0 Å². The Morgan fingerprint density at radius 1 is 1.80 bits per heavy atom.